The number of carbonyl (C=O) groups is 1. The van der Waals surface area contributed by atoms with Crippen LogP contribution in [0.2, 0.25) is 0 Å². The second kappa shape index (κ2) is 13.4. The third-order valence-corrected chi connectivity index (χ3v) is 1.19. The van der Waals surface area contributed by atoms with Crippen LogP contribution >= 0.6 is 0 Å². The normalized spacial score (nSPS) is 7.94. The lowest BCUT2D eigenvalue weighted by atomic mass is 10.4. The molecule has 0 fully saturated rings. The van der Waals surface area contributed by atoms with Gasteiger partial charge in [-0.25, -0.2) is 0 Å². The summed E-state index contributed by atoms with van der Waals surface area (Å²) in [5, 5.41) is 15.5. The molecule has 0 atom stereocenters. The first kappa shape index (κ1) is 16.8. The Balaban J connectivity index is 0. The average molecular weight is 229 g/mol. The van der Waals surface area contributed by atoms with Crippen molar-refractivity contribution in [3.63, 3.8) is 0 Å². The van der Waals surface area contributed by atoms with Gasteiger partial charge in [0, 0.05) is 25.8 Å². The van der Waals surface area contributed by atoms with Gasteiger partial charge in [-0.3, -0.25) is 9.59 Å². The van der Waals surface area contributed by atoms with Crippen LogP contribution in [0.5, 0.6) is 0 Å². The number of nitrogens with one attached hydrogen (secondary N) is 1. The van der Waals surface area contributed by atoms with Crippen LogP contribution < -0.4 is 5.56 Å². The fourth-order valence-corrected chi connectivity index (χ4v) is 0.535. The van der Waals surface area contributed by atoms with Gasteiger partial charge in [0.2, 0.25) is 5.56 Å². The number of aliphatic carboxylic acids is 1. The zero-order chi connectivity index (χ0) is 12.8. The van der Waals surface area contributed by atoms with Crippen LogP contribution in [0.25, 0.3) is 0 Å². The lowest BCUT2D eigenvalue weighted by molar-refractivity contribution is -0.134. The maximum atomic E-state index is 10.2. The molecule has 3 N–H and O–H groups in total. The predicted molar refractivity (Wildman–Crippen MR) is 62.4 cm³/mol. The van der Waals surface area contributed by atoms with Crippen LogP contribution in [-0.4, -0.2) is 27.8 Å². The van der Waals surface area contributed by atoms with Gasteiger partial charge >= 0.3 is 0 Å². The maximum Gasteiger partial charge on any atom is 0.300 e. The lowest BCUT2D eigenvalue weighted by Gasteiger charge is -1.79. The third kappa shape index (κ3) is 22.8. The summed E-state index contributed by atoms with van der Waals surface area (Å²) < 4.78 is 0. The van der Waals surface area contributed by atoms with Gasteiger partial charge in [0.05, 0.1) is 0 Å². The summed E-state index contributed by atoms with van der Waals surface area (Å²) in [4.78, 5) is 21.7. The average Bonchev–Trinajstić information content (AvgIpc) is 2.20. The Bertz CT molecular complexity index is 285. The molecule has 1 aromatic rings. The molecule has 0 amide bonds. The quantitative estimate of drug-likeness (QED) is 0.711. The molecule has 0 spiro atoms. The van der Waals surface area contributed by atoms with E-state index < -0.39 is 5.97 Å². The molecule has 0 unspecified atom stereocenters. The highest BCUT2D eigenvalue weighted by Gasteiger charge is 1.70. The lowest BCUT2D eigenvalue weighted by Crippen LogP contribution is -1.98. The van der Waals surface area contributed by atoms with E-state index in [-0.39, 0.29) is 5.56 Å². The van der Waals surface area contributed by atoms with Crippen molar-refractivity contribution < 1.29 is 15.0 Å². The predicted octanol–water partition coefficient (Wildman–Crippen LogP) is 1.24. The number of aliphatic hydroxyl groups is 1. The van der Waals surface area contributed by atoms with E-state index in [0.717, 1.165) is 19.8 Å². The van der Waals surface area contributed by atoms with Crippen LogP contribution in [0.3, 0.4) is 0 Å². The maximum absolute atomic E-state index is 10.2. The Hall–Kier alpha value is -1.62. The van der Waals surface area contributed by atoms with Gasteiger partial charge in [-0.2, -0.15) is 0 Å². The van der Waals surface area contributed by atoms with Gasteiger partial charge in [-0.15, -0.1) is 0 Å². The van der Waals surface area contributed by atoms with Gasteiger partial charge in [0.15, 0.2) is 0 Å². The minimum absolute atomic E-state index is 0.0532. The molecule has 0 aliphatic carbocycles. The number of unbranched alkanes of at least 4 members (excludes halogenated alkanes) is 1. The Morgan fingerprint density at radius 1 is 1.44 bits per heavy atom. The molecule has 0 aliphatic rings. The van der Waals surface area contributed by atoms with Crippen molar-refractivity contribution in [1.82, 2.24) is 4.98 Å². The molecule has 0 saturated carbocycles. The van der Waals surface area contributed by atoms with E-state index in [0.29, 0.717) is 6.61 Å². The van der Waals surface area contributed by atoms with E-state index in [9.17, 15) is 4.79 Å². The number of hydrogen-bond donors (Lipinski definition) is 3. The molecule has 1 aromatic heterocycles. The smallest absolute Gasteiger partial charge is 0.300 e. The number of carboxylic acid groups (broad SMARTS) is 1. The molecule has 0 aromatic carbocycles. The Kier molecular flexibility index (Phi) is 14.0. The highest BCUT2D eigenvalue weighted by Crippen LogP contribution is 1.78. The number of rotatable bonds is 2. The van der Waals surface area contributed by atoms with Gasteiger partial charge in [-0.1, -0.05) is 19.4 Å². The first-order valence-electron chi connectivity index (χ1n) is 4.98. The summed E-state index contributed by atoms with van der Waals surface area (Å²) in [5.41, 5.74) is -0.0532. The van der Waals surface area contributed by atoms with E-state index in [1.165, 1.54) is 6.07 Å². The number of aliphatic hydroxyl groups excluding tert-OH is 1. The molecule has 0 aliphatic heterocycles. The molecule has 16 heavy (non-hydrogen) atoms. The highest BCUT2D eigenvalue weighted by molar-refractivity contribution is 5.62. The summed E-state index contributed by atoms with van der Waals surface area (Å²) in [7, 11) is 0. The van der Waals surface area contributed by atoms with Crippen molar-refractivity contribution in [2.45, 2.75) is 26.7 Å². The van der Waals surface area contributed by atoms with Crippen molar-refractivity contribution in [3.8, 4) is 0 Å². The third-order valence-electron chi connectivity index (χ3n) is 1.19. The van der Waals surface area contributed by atoms with E-state index in [1.54, 1.807) is 18.3 Å². The van der Waals surface area contributed by atoms with Crippen molar-refractivity contribution >= 4 is 5.97 Å². The molecular weight excluding hydrogens is 210 g/mol. The molecule has 5 nitrogen and oxygen atoms in total. The zero-order valence-electron chi connectivity index (χ0n) is 9.64. The van der Waals surface area contributed by atoms with E-state index in [1.807, 2.05) is 0 Å². The SMILES string of the molecule is CC(=O)O.CCCCO.O=c1cccc[nH]1. The van der Waals surface area contributed by atoms with E-state index in [4.69, 9.17) is 15.0 Å². The molecule has 0 bridgehead atoms. The summed E-state index contributed by atoms with van der Waals surface area (Å²) in [6, 6.07) is 4.93. The number of carboxylic acids is 1. The number of aromatic nitrogens is 1. The standard InChI is InChI=1S/C5H5NO.C4H10O.C2H4O2/c7-5-3-1-2-4-6-5;1-2-3-4-5;1-2(3)4/h1-4H,(H,6,7);5H,2-4H2,1H3;1H3,(H,3,4). The summed E-state index contributed by atoms with van der Waals surface area (Å²) in [6.07, 6.45) is 3.64. The summed E-state index contributed by atoms with van der Waals surface area (Å²) in [5.74, 6) is -0.833. The van der Waals surface area contributed by atoms with Crippen LogP contribution in [-0.2, 0) is 4.79 Å². The van der Waals surface area contributed by atoms with Gasteiger partial charge in [0.25, 0.3) is 5.97 Å². The van der Waals surface area contributed by atoms with Crippen LogP contribution in [0.4, 0.5) is 0 Å². The molecule has 0 saturated heterocycles. The van der Waals surface area contributed by atoms with Crippen LogP contribution in [0.1, 0.15) is 26.7 Å². The number of pyridine rings is 1. The molecule has 1 rings (SSSR count). The van der Waals surface area contributed by atoms with Gasteiger partial charge in [-0.05, 0) is 12.5 Å². The highest BCUT2D eigenvalue weighted by atomic mass is 16.4. The fourth-order valence-electron chi connectivity index (χ4n) is 0.535. The summed E-state index contributed by atoms with van der Waals surface area (Å²) >= 11 is 0. The Labute approximate surface area is 94.8 Å². The molecule has 0 radical (unpaired) electrons. The van der Waals surface area contributed by atoms with Crippen molar-refractivity contribution in [1.29, 1.82) is 0 Å². The molecular formula is C11H19NO4. The van der Waals surface area contributed by atoms with Crippen LogP contribution in [0.15, 0.2) is 29.2 Å². The molecule has 92 valence electrons. The monoisotopic (exact) mass is 229 g/mol. The zero-order valence-corrected chi connectivity index (χ0v) is 9.64. The second-order valence-electron chi connectivity index (χ2n) is 2.82. The Morgan fingerprint density at radius 3 is 2.12 bits per heavy atom. The van der Waals surface area contributed by atoms with Gasteiger partial charge in [0.1, 0.15) is 0 Å². The van der Waals surface area contributed by atoms with E-state index in [2.05, 4.69) is 11.9 Å². The topological polar surface area (TPSA) is 90.4 Å². The minimum Gasteiger partial charge on any atom is -0.481 e. The van der Waals surface area contributed by atoms with Crippen molar-refractivity contribution in [2.24, 2.45) is 0 Å². The Morgan fingerprint density at radius 2 is 2.00 bits per heavy atom. The van der Waals surface area contributed by atoms with Crippen molar-refractivity contribution in [2.75, 3.05) is 6.61 Å². The second-order valence-corrected chi connectivity index (χ2v) is 2.82. The van der Waals surface area contributed by atoms with Gasteiger partial charge < -0.3 is 15.2 Å². The van der Waals surface area contributed by atoms with Crippen molar-refractivity contribution in [3.05, 3.63) is 34.7 Å². The first-order chi connectivity index (χ1) is 7.54. The summed E-state index contributed by atoms with van der Waals surface area (Å²) in [6.45, 7) is 3.48. The minimum atomic E-state index is -0.833. The first-order valence-corrected chi connectivity index (χ1v) is 4.98. The molecule has 1 heterocycles. The largest absolute Gasteiger partial charge is 0.481 e. The number of H-pyrrole nitrogens is 1. The fraction of sp³-hybridized carbons (Fsp3) is 0.455. The van der Waals surface area contributed by atoms with E-state index >= 15 is 0 Å². The number of hydrogen-bond acceptors (Lipinski definition) is 3. The molecule has 5 heteroatoms. The van der Waals surface area contributed by atoms with Crippen LogP contribution in [0, 0.1) is 0 Å². The number of aromatic amines is 1.